The van der Waals surface area contributed by atoms with Gasteiger partial charge in [-0.05, 0) is 44.2 Å². The van der Waals surface area contributed by atoms with Crippen LogP contribution >= 0.6 is 0 Å². The van der Waals surface area contributed by atoms with Crippen LogP contribution in [-0.2, 0) is 11.2 Å². The molecule has 1 unspecified atom stereocenters. The summed E-state index contributed by atoms with van der Waals surface area (Å²) in [5, 5.41) is 5.18. The van der Waals surface area contributed by atoms with Gasteiger partial charge < -0.3 is 10.2 Å². The second-order valence-corrected chi connectivity index (χ2v) is 5.94. The number of hydrogen-bond donors (Lipinski definition) is 2. The summed E-state index contributed by atoms with van der Waals surface area (Å²) in [4.78, 5) is 25.8. The van der Waals surface area contributed by atoms with Crippen LogP contribution in [0.25, 0.3) is 0 Å². The predicted octanol–water partition coefficient (Wildman–Crippen LogP) is 1.82. The fourth-order valence-electron chi connectivity index (χ4n) is 2.77. The van der Waals surface area contributed by atoms with E-state index < -0.39 is 0 Å². The highest BCUT2D eigenvalue weighted by Gasteiger charge is 2.27. The Hall–Kier alpha value is -2.04. The smallest absolute Gasteiger partial charge is 0.321 e. The van der Waals surface area contributed by atoms with E-state index in [-0.39, 0.29) is 24.5 Å². The Labute approximate surface area is 124 Å². The van der Waals surface area contributed by atoms with Crippen LogP contribution in [-0.4, -0.2) is 30.6 Å². The maximum Gasteiger partial charge on any atom is 0.321 e. The van der Waals surface area contributed by atoms with Crippen LogP contribution in [0.3, 0.4) is 0 Å². The maximum absolute atomic E-state index is 12.1. The summed E-state index contributed by atoms with van der Waals surface area (Å²) in [7, 11) is 0. The van der Waals surface area contributed by atoms with Crippen LogP contribution in [0.2, 0.25) is 0 Å². The van der Waals surface area contributed by atoms with E-state index in [0.717, 1.165) is 31.4 Å². The van der Waals surface area contributed by atoms with Crippen molar-refractivity contribution in [1.29, 1.82) is 0 Å². The van der Waals surface area contributed by atoms with Crippen LogP contribution in [0.15, 0.2) is 24.3 Å². The molecule has 2 N–H and O–H groups in total. The van der Waals surface area contributed by atoms with Gasteiger partial charge in [0.1, 0.15) is 0 Å². The summed E-state index contributed by atoms with van der Waals surface area (Å²) in [5.41, 5.74) is 2.37. The van der Waals surface area contributed by atoms with Gasteiger partial charge >= 0.3 is 6.03 Å². The zero-order valence-electron chi connectivity index (χ0n) is 12.3. The lowest BCUT2D eigenvalue weighted by molar-refractivity contribution is -0.118. The molecule has 1 aromatic carbocycles. The lowest BCUT2D eigenvalue weighted by Crippen LogP contribution is -2.48. The number of amides is 3. The molecular weight excluding hydrogens is 266 g/mol. The van der Waals surface area contributed by atoms with Gasteiger partial charge in [-0.25, -0.2) is 4.79 Å². The van der Waals surface area contributed by atoms with Gasteiger partial charge in [-0.15, -0.1) is 0 Å². The van der Waals surface area contributed by atoms with Crippen molar-refractivity contribution >= 4 is 17.6 Å². The number of rotatable bonds is 3. The summed E-state index contributed by atoms with van der Waals surface area (Å²) in [6.07, 6.45) is 4.09. The zero-order valence-corrected chi connectivity index (χ0v) is 12.3. The van der Waals surface area contributed by atoms with E-state index in [1.807, 2.05) is 18.2 Å². The maximum atomic E-state index is 12.1. The van der Waals surface area contributed by atoms with Gasteiger partial charge in [0.2, 0.25) is 5.91 Å². The monoisotopic (exact) mass is 287 g/mol. The number of urea groups is 1. The van der Waals surface area contributed by atoms with Crippen LogP contribution in [0.1, 0.15) is 31.7 Å². The fraction of sp³-hybridized carbons (Fsp3) is 0.500. The third-order valence-electron chi connectivity index (χ3n) is 4.14. The quantitative estimate of drug-likeness (QED) is 0.891. The molecule has 0 aromatic heterocycles. The minimum atomic E-state index is -0.375. The number of benzene rings is 1. The first kappa shape index (κ1) is 13.9. The van der Waals surface area contributed by atoms with Gasteiger partial charge in [-0.2, -0.15) is 0 Å². The number of nitrogens with one attached hydrogen (secondary N) is 2. The SMILES string of the molecule is CC1CCc2ccccc2N1CC(=O)NC(=O)NC1CC1. The van der Waals surface area contributed by atoms with Gasteiger partial charge in [-0.1, -0.05) is 18.2 Å². The van der Waals surface area contributed by atoms with Crippen LogP contribution in [0.5, 0.6) is 0 Å². The summed E-state index contributed by atoms with van der Waals surface area (Å²) in [6.45, 7) is 2.34. The Morgan fingerprint density at radius 1 is 1.24 bits per heavy atom. The molecule has 1 aromatic rings. The molecule has 0 saturated heterocycles. The summed E-state index contributed by atoms with van der Waals surface area (Å²) in [6, 6.07) is 8.34. The molecule has 0 spiro atoms. The molecule has 5 nitrogen and oxygen atoms in total. The number of imide groups is 1. The van der Waals surface area contributed by atoms with Gasteiger partial charge in [0.15, 0.2) is 0 Å². The number of carbonyl (C=O) groups excluding carboxylic acids is 2. The van der Waals surface area contributed by atoms with Crippen molar-refractivity contribution in [3.8, 4) is 0 Å². The minimum absolute atomic E-state index is 0.219. The number of nitrogens with zero attached hydrogens (tertiary/aromatic N) is 1. The molecule has 2 aliphatic rings. The Bertz CT molecular complexity index is 554. The molecule has 1 saturated carbocycles. The molecule has 3 amide bonds. The van der Waals surface area contributed by atoms with E-state index in [1.165, 1.54) is 5.56 Å². The third kappa shape index (κ3) is 3.35. The first-order valence-corrected chi connectivity index (χ1v) is 7.58. The van der Waals surface area contributed by atoms with E-state index in [9.17, 15) is 9.59 Å². The lowest BCUT2D eigenvalue weighted by Gasteiger charge is -2.36. The van der Waals surface area contributed by atoms with Crippen molar-refractivity contribution in [2.45, 2.75) is 44.7 Å². The Morgan fingerprint density at radius 2 is 2.00 bits per heavy atom. The molecule has 1 aliphatic heterocycles. The van der Waals surface area contributed by atoms with Crippen molar-refractivity contribution in [2.75, 3.05) is 11.4 Å². The highest BCUT2D eigenvalue weighted by atomic mass is 16.2. The molecule has 112 valence electrons. The largest absolute Gasteiger partial charge is 0.359 e. The summed E-state index contributed by atoms with van der Waals surface area (Å²) < 4.78 is 0. The Morgan fingerprint density at radius 3 is 2.76 bits per heavy atom. The first-order chi connectivity index (χ1) is 10.1. The zero-order chi connectivity index (χ0) is 14.8. The number of para-hydroxylation sites is 1. The molecule has 1 heterocycles. The van der Waals surface area contributed by atoms with Crippen molar-refractivity contribution < 1.29 is 9.59 Å². The average molecular weight is 287 g/mol. The van der Waals surface area contributed by atoms with E-state index in [0.29, 0.717) is 6.04 Å². The van der Waals surface area contributed by atoms with Crippen molar-refractivity contribution in [3.05, 3.63) is 29.8 Å². The molecule has 0 radical (unpaired) electrons. The lowest BCUT2D eigenvalue weighted by atomic mass is 9.97. The van der Waals surface area contributed by atoms with E-state index in [4.69, 9.17) is 0 Å². The minimum Gasteiger partial charge on any atom is -0.359 e. The van der Waals surface area contributed by atoms with Gasteiger partial charge in [-0.3, -0.25) is 10.1 Å². The van der Waals surface area contributed by atoms with Crippen LogP contribution < -0.4 is 15.5 Å². The normalized spacial score (nSPS) is 20.6. The Kier molecular flexibility index (Phi) is 3.82. The first-order valence-electron chi connectivity index (χ1n) is 7.58. The van der Waals surface area contributed by atoms with Crippen LogP contribution in [0.4, 0.5) is 10.5 Å². The number of anilines is 1. The number of aryl methyl sites for hydroxylation is 1. The number of fused-ring (bicyclic) bond motifs is 1. The molecule has 21 heavy (non-hydrogen) atoms. The van der Waals surface area contributed by atoms with Crippen molar-refractivity contribution in [1.82, 2.24) is 10.6 Å². The molecule has 3 rings (SSSR count). The molecule has 1 atom stereocenters. The predicted molar refractivity (Wildman–Crippen MR) is 81.3 cm³/mol. The second kappa shape index (κ2) is 5.76. The van der Waals surface area contributed by atoms with E-state index in [1.54, 1.807) is 0 Å². The highest BCUT2D eigenvalue weighted by molar-refractivity contribution is 5.96. The number of carbonyl (C=O) groups is 2. The topological polar surface area (TPSA) is 61.4 Å². The number of hydrogen-bond acceptors (Lipinski definition) is 3. The molecule has 0 bridgehead atoms. The molecule has 1 fully saturated rings. The van der Waals surface area contributed by atoms with E-state index >= 15 is 0 Å². The van der Waals surface area contributed by atoms with Gasteiger partial charge in [0, 0.05) is 17.8 Å². The highest BCUT2D eigenvalue weighted by Crippen LogP contribution is 2.29. The van der Waals surface area contributed by atoms with Crippen molar-refractivity contribution in [3.63, 3.8) is 0 Å². The van der Waals surface area contributed by atoms with Gasteiger partial charge in [0.25, 0.3) is 0 Å². The van der Waals surface area contributed by atoms with Crippen LogP contribution in [0, 0.1) is 0 Å². The molecular formula is C16H21N3O2. The third-order valence-corrected chi connectivity index (χ3v) is 4.14. The fourth-order valence-corrected chi connectivity index (χ4v) is 2.77. The molecule has 5 heteroatoms. The standard InChI is InChI=1S/C16H21N3O2/c1-11-6-7-12-4-2-3-5-14(12)19(11)10-15(20)18-16(21)17-13-8-9-13/h2-5,11,13H,6-10H2,1H3,(H2,17,18,20,21). The average Bonchev–Trinajstić information content (AvgIpc) is 3.25. The van der Waals surface area contributed by atoms with Crippen molar-refractivity contribution in [2.24, 2.45) is 0 Å². The van der Waals surface area contributed by atoms with E-state index in [2.05, 4.69) is 28.5 Å². The summed E-state index contributed by atoms with van der Waals surface area (Å²) >= 11 is 0. The summed E-state index contributed by atoms with van der Waals surface area (Å²) in [5.74, 6) is -0.253. The Balaban J connectivity index is 1.63. The second-order valence-electron chi connectivity index (χ2n) is 5.94. The molecule has 1 aliphatic carbocycles. The van der Waals surface area contributed by atoms with Gasteiger partial charge in [0.05, 0.1) is 6.54 Å².